The van der Waals surface area contributed by atoms with E-state index in [2.05, 4.69) is 31.2 Å². The molecule has 0 amide bonds. The number of hydrogen-bond donors (Lipinski definition) is 1. The third-order valence-electron chi connectivity index (χ3n) is 7.94. The van der Waals surface area contributed by atoms with E-state index in [4.69, 9.17) is 9.84 Å². The van der Waals surface area contributed by atoms with Crippen molar-refractivity contribution in [3.8, 4) is 5.75 Å². The van der Waals surface area contributed by atoms with Crippen LogP contribution in [0.1, 0.15) is 63.5 Å². The van der Waals surface area contributed by atoms with Gasteiger partial charge in [-0.3, -0.25) is 0 Å². The highest BCUT2D eigenvalue weighted by Gasteiger charge is 2.51. The Bertz CT molecular complexity index is 985. The maximum atomic E-state index is 10.7. The topological polar surface area (TPSA) is 46.5 Å². The summed E-state index contributed by atoms with van der Waals surface area (Å²) >= 11 is 0. The molecule has 4 fully saturated rings. The number of benzene rings is 1. The van der Waals surface area contributed by atoms with Gasteiger partial charge in [0.2, 0.25) is 0 Å². The molecule has 3 heteroatoms. The predicted molar refractivity (Wildman–Crippen MR) is 124 cm³/mol. The van der Waals surface area contributed by atoms with Crippen molar-refractivity contribution in [1.82, 2.24) is 0 Å². The van der Waals surface area contributed by atoms with Crippen LogP contribution in [0.15, 0.2) is 59.2 Å². The van der Waals surface area contributed by atoms with Gasteiger partial charge in [0.1, 0.15) is 12.4 Å². The molecule has 0 radical (unpaired) electrons. The molecule has 6 rings (SSSR count). The molecule has 1 aliphatic heterocycles. The first kappa shape index (κ1) is 20.4. The Labute approximate surface area is 185 Å². The Kier molecular flexibility index (Phi) is 5.16. The van der Waals surface area contributed by atoms with E-state index in [-0.39, 0.29) is 0 Å². The van der Waals surface area contributed by atoms with E-state index >= 15 is 0 Å². The number of carbonyl (C=O) groups is 1. The van der Waals surface area contributed by atoms with E-state index in [1.54, 1.807) is 6.92 Å². The zero-order valence-corrected chi connectivity index (χ0v) is 18.6. The molecule has 4 aliphatic carbocycles. The number of carboxylic acids is 1. The predicted octanol–water partition coefficient (Wildman–Crippen LogP) is 6.46. The lowest BCUT2D eigenvalue weighted by atomic mass is 9.48. The number of ether oxygens (including phenoxy) is 1. The van der Waals surface area contributed by atoms with Gasteiger partial charge in [-0.15, -0.1) is 0 Å². The molecule has 0 spiro atoms. The minimum absolute atomic E-state index is 0.400. The zero-order chi connectivity index (χ0) is 21.6. The van der Waals surface area contributed by atoms with Crippen molar-refractivity contribution in [2.75, 3.05) is 6.61 Å². The normalized spacial score (nSPS) is 32.1. The summed E-state index contributed by atoms with van der Waals surface area (Å²) in [4.78, 5) is 10.7. The molecule has 31 heavy (non-hydrogen) atoms. The van der Waals surface area contributed by atoms with Crippen molar-refractivity contribution in [3.63, 3.8) is 0 Å². The fourth-order valence-corrected chi connectivity index (χ4v) is 6.89. The van der Waals surface area contributed by atoms with Gasteiger partial charge in [0.15, 0.2) is 0 Å². The van der Waals surface area contributed by atoms with Crippen LogP contribution in [-0.4, -0.2) is 17.7 Å². The summed E-state index contributed by atoms with van der Waals surface area (Å²) in [6, 6.07) is 6.94. The highest BCUT2D eigenvalue weighted by Crippen LogP contribution is 2.61. The molecule has 3 nitrogen and oxygen atoms in total. The highest BCUT2D eigenvalue weighted by molar-refractivity contribution is 5.81. The Balaban J connectivity index is 1.39. The standard InChI is InChI=1S/C28H32O3/c1-18(8-27(29)30)4-3-5-19(2)24-12-23-13-25(6-7-26(23)31-17-24)28-14-20-9-21(15-28)11-22(10-20)16-28/h3-8,12-13,20-22H,9-11,14-17H2,1-2H3,(H,29,30)/b4-3+,18-8+,19-5+. The molecule has 0 unspecified atom stereocenters. The first-order valence-corrected chi connectivity index (χ1v) is 11.6. The second kappa shape index (κ2) is 7.85. The number of fused-ring (bicyclic) bond motifs is 1. The molecule has 1 aromatic carbocycles. The monoisotopic (exact) mass is 416 g/mol. The summed E-state index contributed by atoms with van der Waals surface area (Å²) in [6.45, 7) is 4.45. The van der Waals surface area contributed by atoms with Gasteiger partial charge >= 0.3 is 5.97 Å². The Morgan fingerprint density at radius 2 is 1.77 bits per heavy atom. The van der Waals surface area contributed by atoms with Crippen LogP contribution >= 0.6 is 0 Å². The molecule has 5 aliphatic rings. The quantitative estimate of drug-likeness (QED) is 0.442. The van der Waals surface area contributed by atoms with Crippen LogP contribution in [0, 0.1) is 17.8 Å². The number of hydrogen-bond acceptors (Lipinski definition) is 2. The molecule has 4 saturated carbocycles. The van der Waals surface area contributed by atoms with Crippen molar-refractivity contribution < 1.29 is 14.6 Å². The van der Waals surface area contributed by atoms with Crippen LogP contribution in [0.5, 0.6) is 5.75 Å². The van der Waals surface area contributed by atoms with Crippen LogP contribution in [0.3, 0.4) is 0 Å². The van der Waals surface area contributed by atoms with Crippen LogP contribution < -0.4 is 4.74 Å². The molecule has 0 aromatic heterocycles. The third kappa shape index (κ3) is 4.03. The summed E-state index contributed by atoms with van der Waals surface area (Å²) in [5, 5.41) is 8.83. The Morgan fingerprint density at radius 1 is 1.10 bits per heavy atom. The van der Waals surface area contributed by atoms with Gasteiger partial charge in [-0.25, -0.2) is 4.79 Å². The van der Waals surface area contributed by atoms with E-state index < -0.39 is 5.97 Å². The van der Waals surface area contributed by atoms with E-state index in [1.807, 2.05) is 18.2 Å². The molecule has 1 aromatic rings. The van der Waals surface area contributed by atoms with E-state index in [1.165, 1.54) is 61.3 Å². The van der Waals surface area contributed by atoms with Crippen LogP contribution in [0.4, 0.5) is 0 Å². The number of carboxylic acid groups (broad SMARTS) is 1. The molecule has 4 bridgehead atoms. The first-order chi connectivity index (χ1) is 14.9. The summed E-state index contributed by atoms with van der Waals surface area (Å²) in [6.07, 6.45) is 17.8. The smallest absolute Gasteiger partial charge is 0.328 e. The zero-order valence-electron chi connectivity index (χ0n) is 18.6. The van der Waals surface area contributed by atoms with E-state index in [0.29, 0.717) is 12.0 Å². The fourth-order valence-electron chi connectivity index (χ4n) is 6.89. The molecule has 0 saturated heterocycles. The maximum Gasteiger partial charge on any atom is 0.328 e. The van der Waals surface area contributed by atoms with Crippen LogP contribution in [-0.2, 0) is 10.2 Å². The summed E-state index contributed by atoms with van der Waals surface area (Å²) in [5.41, 5.74) is 6.17. The molecular formula is C28H32O3. The molecule has 1 N–H and O–H groups in total. The van der Waals surface area contributed by atoms with Gasteiger partial charge in [-0.2, -0.15) is 0 Å². The second-order valence-corrected chi connectivity index (χ2v) is 10.3. The minimum Gasteiger partial charge on any atom is -0.488 e. The van der Waals surface area contributed by atoms with E-state index in [9.17, 15) is 4.79 Å². The number of aliphatic carboxylic acids is 1. The van der Waals surface area contributed by atoms with Gasteiger partial charge in [0.25, 0.3) is 0 Å². The van der Waals surface area contributed by atoms with Crippen molar-refractivity contribution in [2.24, 2.45) is 17.8 Å². The molecular weight excluding hydrogens is 384 g/mol. The Morgan fingerprint density at radius 3 is 2.42 bits per heavy atom. The van der Waals surface area contributed by atoms with E-state index in [0.717, 1.165) is 34.6 Å². The fraction of sp³-hybridized carbons (Fsp3) is 0.464. The molecule has 0 atom stereocenters. The average molecular weight is 417 g/mol. The van der Waals surface area contributed by atoms with Gasteiger partial charge in [0, 0.05) is 11.6 Å². The first-order valence-electron chi connectivity index (χ1n) is 11.6. The second-order valence-electron chi connectivity index (χ2n) is 10.3. The highest BCUT2D eigenvalue weighted by atomic mass is 16.5. The lowest BCUT2D eigenvalue weighted by Gasteiger charge is -2.57. The SMILES string of the molecule is CC(/C=C/C=C(\C)C1=Cc2cc(C34CC5CC(CC(C5)C3)C4)ccc2OC1)=C\C(=O)O. The largest absolute Gasteiger partial charge is 0.488 e. The summed E-state index contributed by atoms with van der Waals surface area (Å²) < 4.78 is 6.09. The van der Waals surface area contributed by atoms with Crippen molar-refractivity contribution >= 4 is 12.0 Å². The number of rotatable bonds is 5. The van der Waals surface area contributed by atoms with Crippen molar-refractivity contribution in [1.29, 1.82) is 0 Å². The summed E-state index contributed by atoms with van der Waals surface area (Å²) in [5.74, 6) is 2.90. The minimum atomic E-state index is -0.919. The van der Waals surface area contributed by atoms with Crippen molar-refractivity contribution in [3.05, 3.63) is 70.3 Å². The van der Waals surface area contributed by atoms with Gasteiger partial charge in [-0.1, -0.05) is 24.3 Å². The van der Waals surface area contributed by atoms with Gasteiger partial charge < -0.3 is 9.84 Å². The lowest BCUT2D eigenvalue weighted by Crippen LogP contribution is -2.48. The van der Waals surface area contributed by atoms with Crippen LogP contribution in [0.25, 0.3) is 6.08 Å². The molecule has 1 heterocycles. The Hall–Kier alpha value is -2.55. The van der Waals surface area contributed by atoms with Gasteiger partial charge in [0.05, 0.1) is 0 Å². The van der Waals surface area contributed by atoms with Crippen LogP contribution in [0.2, 0.25) is 0 Å². The summed E-state index contributed by atoms with van der Waals surface area (Å²) in [7, 11) is 0. The third-order valence-corrected chi connectivity index (χ3v) is 7.94. The maximum absolute atomic E-state index is 10.7. The molecule has 162 valence electrons. The number of allylic oxidation sites excluding steroid dienone is 4. The average Bonchev–Trinajstić information content (AvgIpc) is 2.71. The van der Waals surface area contributed by atoms with Crippen molar-refractivity contribution in [2.45, 2.75) is 57.8 Å². The van der Waals surface area contributed by atoms with Gasteiger partial charge in [-0.05, 0) is 116 Å². The lowest BCUT2D eigenvalue weighted by molar-refractivity contribution is -0.131.